The van der Waals surface area contributed by atoms with Crippen LogP contribution in [0.15, 0.2) is 77.5 Å². The topological polar surface area (TPSA) is 78.5 Å². The molecule has 3 aromatic rings. The van der Waals surface area contributed by atoms with Gasteiger partial charge in [-0.05, 0) is 54.6 Å². The lowest BCUT2D eigenvalue weighted by Crippen LogP contribution is -2.32. The van der Waals surface area contributed by atoms with E-state index in [9.17, 15) is 18.8 Å². The van der Waals surface area contributed by atoms with Crippen LogP contribution in [0.5, 0.6) is 0 Å². The first-order chi connectivity index (χ1) is 15.8. The van der Waals surface area contributed by atoms with Crippen molar-refractivity contribution in [2.45, 2.75) is 0 Å². The number of rotatable bonds is 5. The predicted octanol–water partition coefficient (Wildman–Crippen LogP) is 5.82. The zero-order chi connectivity index (χ0) is 23.7. The molecular weight excluding hydrogens is 492 g/mol. The molecule has 0 aliphatic carbocycles. The van der Waals surface area contributed by atoms with E-state index in [0.717, 1.165) is 4.90 Å². The number of anilines is 3. The van der Waals surface area contributed by atoms with Crippen LogP contribution < -0.4 is 15.5 Å². The van der Waals surface area contributed by atoms with Gasteiger partial charge in [0.05, 0.1) is 21.4 Å². The van der Waals surface area contributed by atoms with E-state index in [0.29, 0.717) is 5.69 Å². The molecule has 0 saturated carbocycles. The average Bonchev–Trinajstić information content (AvgIpc) is 3.01. The number of carbonyl (C=O) groups excluding carboxylic acids is 3. The molecule has 4 rings (SSSR count). The predicted molar refractivity (Wildman–Crippen MR) is 126 cm³/mol. The summed E-state index contributed by atoms with van der Waals surface area (Å²) in [6.07, 6.45) is 0. The van der Waals surface area contributed by atoms with Crippen LogP contribution in [0.25, 0.3) is 0 Å². The van der Waals surface area contributed by atoms with Crippen molar-refractivity contribution in [2.75, 3.05) is 15.5 Å². The highest BCUT2D eigenvalue weighted by Crippen LogP contribution is 2.33. The minimum absolute atomic E-state index is 0.0547. The van der Waals surface area contributed by atoms with Gasteiger partial charge >= 0.3 is 0 Å². The number of nitrogens with one attached hydrogen (secondary N) is 2. The molecule has 33 heavy (non-hydrogen) atoms. The second-order valence-corrected chi connectivity index (χ2v) is 8.06. The lowest BCUT2D eigenvalue weighted by Gasteiger charge is -2.15. The van der Waals surface area contributed by atoms with Gasteiger partial charge in [-0.1, -0.05) is 46.9 Å². The monoisotopic (exact) mass is 503 g/mol. The lowest BCUT2D eigenvalue weighted by atomic mass is 10.2. The van der Waals surface area contributed by atoms with Gasteiger partial charge in [0.25, 0.3) is 17.7 Å². The molecule has 10 heteroatoms. The molecule has 0 atom stereocenters. The minimum atomic E-state index is -0.719. The van der Waals surface area contributed by atoms with Gasteiger partial charge in [-0.2, -0.15) is 0 Å². The van der Waals surface area contributed by atoms with Crippen molar-refractivity contribution in [3.8, 4) is 0 Å². The molecule has 6 nitrogen and oxygen atoms in total. The van der Waals surface area contributed by atoms with Crippen LogP contribution in [0.3, 0.4) is 0 Å². The Morgan fingerprint density at radius 2 is 1.55 bits per heavy atom. The zero-order valence-corrected chi connectivity index (χ0v) is 18.8. The first-order valence-corrected chi connectivity index (χ1v) is 10.6. The van der Waals surface area contributed by atoms with Gasteiger partial charge in [0.15, 0.2) is 0 Å². The third-order valence-corrected chi connectivity index (χ3v) is 5.82. The van der Waals surface area contributed by atoms with Gasteiger partial charge in [-0.3, -0.25) is 14.4 Å². The van der Waals surface area contributed by atoms with Crippen LogP contribution >= 0.6 is 34.8 Å². The second-order valence-electron chi connectivity index (χ2n) is 6.87. The van der Waals surface area contributed by atoms with Gasteiger partial charge in [0.1, 0.15) is 16.5 Å². The quantitative estimate of drug-likeness (QED) is 0.429. The van der Waals surface area contributed by atoms with Crippen molar-refractivity contribution < 1.29 is 18.8 Å². The summed E-state index contributed by atoms with van der Waals surface area (Å²) in [4.78, 5) is 38.7. The molecule has 1 aliphatic rings. The van der Waals surface area contributed by atoms with Crippen LogP contribution in [-0.2, 0) is 9.59 Å². The van der Waals surface area contributed by atoms with E-state index in [1.807, 2.05) is 0 Å². The van der Waals surface area contributed by atoms with Crippen molar-refractivity contribution in [2.24, 2.45) is 0 Å². The largest absolute Gasteiger partial charge is 0.350 e. The van der Waals surface area contributed by atoms with Gasteiger partial charge in [0.2, 0.25) is 0 Å². The Kier molecular flexibility index (Phi) is 6.37. The third kappa shape index (κ3) is 4.57. The Hall–Kier alpha value is -3.39. The normalized spacial score (nSPS) is 13.5. The van der Waals surface area contributed by atoms with Crippen molar-refractivity contribution in [3.05, 3.63) is 98.9 Å². The Bertz CT molecular complexity index is 1330. The molecule has 0 radical (unpaired) electrons. The Labute approximate surface area is 202 Å². The molecule has 0 unspecified atom stereocenters. The number of hydrogen-bond acceptors (Lipinski definition) is 4. The molecule has 0 bridgehead atoms. The van der Waals surface area contributed by atoms with Gasteiger partial charge in [-0.25, -0.2) is 9.29 Å². The van der Waals surface area contributed by atoms with Gasteiger partial charge < -0.3 is 10.6 Å². The molecule has 166 valence electrons. The third-order valence-electron chi connectivity index (χ3n) is 4.73. The Balaban J connectivity index is 1.50. The van der Waals surface area contributed by atoms with Crippen molar-refractivity contribution in [1.29, 1.82) is 0 Å². The van der Waals surface area contributed by atoms with Crippen LogP contribution in [0.2, 0.25) is 10.0 Å². The summed E-state index contributed by atoms with van der Waals surface area (Å²) >= 11 is 18.0. The number of nitrogens with zero attached hydrogens (tertiary/aromatic N) is 1. The van der Waals surface area contributed by atoms with E-state index in [-0.39, 0.29) is 37.7 Å². The molecule has 0 spiro atoms. The van der Waals surface area contributed by atoms with Crippen molar-refractivity contribution in [1.82, 2.24) is 0 Å². The van der Waals surface area contributed by atoms with Crippen LogP contribution in [-0.4, -0.2) is 17.7 Å². The standard InChI is InChI=1S/C23H13Cl3FN3O3/c24-15-10-9-14(11-16(15)25)30-22(32)19(26)20(23(30)33)28-13-7-5-12(6-8-13)21(31)29-18-4-2-1-3-17(18)27/h1-11,28H,(H,29,31). The summed E-state index contributed by atoms with van der Waals surface area (Å²) < 4.78 is 13.7. The molecule has 0 aromatic heterocycles. The number of carbonyl (C=O) groups is 3. The van der Waals surface area contributed by atoms with E-state index >= 15 is 0 Å². The molecule has 3 amide bonds. The maximum atomic E-state index is 13.7. The Morgan fingerprint density at radius 3 is 2.21 bits per heavy atom. The van der Waals surface area contributed by atoms with E-state index < -0.39 is 23.5 Å². The highest BCUT2D eigenvalue weighted by atomic mass is 35.5. The van der Waals surface area contributed by atoms with Gasteiger partial charge in [0, 0.05) is 11.3 Å². The second kappa shape index (κ2) is 9.23. The number of halogens is 4. The summed E-state index contributed by atoms with van der Waals surface area (Å²) in [5.74, 6) is -2.46. The highest BCUT2D eigenvalue weighted by molar-refractivity contribution is 6.53. The number of para-hydroxylation sites is 1. The van der Waals surface area contributed by atoms with Gasteiger partial charge in [-0.15, -0.1) is 0 Å². The number of hydrogen-bond donors (Lipinski definition) is 2. The summed E-state index contributed by atoms with van der Waals surface area (Å²) in [5, 5.41) is 5.44. The summed E-state index contributed by atoms with van der Waals surface area (Å²) in [7, 11) is 0. The number of benzene rings is 3. The fourth-order valence-electron chi connectivity index (χ4n) is 3.08. The molecule has 0 saturated heterocycles. The molecule has 3 aromatic carbocycles. The molecule has 1 heterocycles. The van der Waals surface area contributed by atoms with E-state index in [1.165, 1.54) is 60.7 Å². The smallest absolute Gasteiger partial charge is 0.283 e. The molecule has 1 aliphatic heterocycles. The summed E-state index contributed by atoms with van der Waals surface area (Å²) in [6, 6.07) is 16.1. The van der Waals surface area contributed by atoms with Crippen LogP contribution in [0.1, 0.15) is 10.4 Å². The van der Waals surface area contributed by atoms with E-state index in [1.54, 1.807) is 6.07 Å². The Morgan fingerprint density at radius 1 is 0.848 bits per heavy atom. The number of imide groups is 1. The molecule has 2 N–H and O–H groups in total. The lowest BCUT2D eigenvalue weighted by molar-refractivity contribution is -0.120. The first kappa shape index (κ1) is 22.8. The fourth-order valence-corrected chi connectivity index (χ4v) is 3.58. The first-order valence-electron chi connectivity index (χ1n) is 9.43. The number of amides is 3. The van der Waals surface area contributed by atoms with E-state index in [2.05, 4.69) is 10.6 Å². The average molecular weight is 505 g/mol. The zero-order valence-electron chi connectivity index (χ0n) is 16.5. The summed E-state index contributed by atoms with van der Waals surface area (Å²) in [6.45, 7) is 0. The van der Waals surface area contributed by atoms with Crippen molar-refractivity contribution in [3.63, 3.8) is 0 Å². The van der Waals surface area contributed by atoms with Crippen LogP contribution in [0, 0.1) is 5.82 Å². The summed E-state index contributed by atoms with van der Waals surface area (Å²) in [5.41, 5.74) is 0.808. The fraction of sp³-hybridized carbons (Fsp3) is 0. The molecule has 0 fully saturated rings. The SMILES string of the molecule is O=C(Nc1ccccc1F)c1ccc(NC2=C(Cl)C(=O)N(c3ccc(Cl)c(Cl)c3)C2=O)cc1. The van der Waals surface area contributed by atoms with Crippen molar-refractivity contribution >= 4 is 69.6 Å². The minimum Gasteiger partial charge on any atom is -0.350 e. The highest BCUT2D eigenvalue weighted by Gasteiger charge is 2.39. The maximum Gasteiger partial charge on any atom is 0.283 e. The van der Waals surface area contributed by atoms with E-state index in [4.69, 9.17) is 34.8 Å². The van der Waals surface area contributed by atoms with Crippen LogP contribution in [0.4, 0.5) is 21.5 Å². The molecular formula is C23H13Cl3FN3O3. The maximum absolute atomic E-state index is 13.7.